The van der Waals surface area contributed by atoms with Crippen LogP contribution in [0.4, 0.5) is 0 Å². The third-order valence-electron chi connectivity index (χ3n) is 10.5. The summed E-state index contributed by atoms with van der Waals surface area (Å²) in [4.78, 5) is 109. The molecule has 50 heavy (non-hydrogen) atoms. The molecule has 0 aliphatic carbocycles. The molecule has 0 aromatic carbocycles. The van der Waals surface area contributed by atoms with E-state index in [-0.39, 0.29) is 24.0 Å². The first kappa shape index (κ1) is 37.8. The normalized spacial score (nSPS) is 25.0. The summed E-state index contributed by atoms with van der Waals surface area (Å²) in [6.07, 6.45) is 12.9. The quantitative estimate of drug-likeness (QED) is 0.386. The molecule has 0 radical (unpaired) electrons. The number of hydrogen-bond acceptors (Lipinski definition) is 9. The first-order valence-corrected chi connectivity index (χ1v) is 19.8. The first-order chi connectivity index (χ1) is 24.2. The highest BCUT2D eigenvalue weighted by molar-refractivity contribution is 8.00. The number of likely N-dealkylation sites (tertiary alicyclic amines) is 5. The Morgan fingerprint density at radius 2 is 0.820 bits per heavy atom. The van der Waals surface area contributed by atoms with E-state index in [1.807, 2.05) is 0 Å². The van der Waals surface area contributed by atoms with Gasteiger partial charge in [-0.05, 0) is 89.9 Å². The molecule has 6 rings (SSSR count). The summed E-state index contributed by atoms with van der Waals surface area (Å²) in [5, 5.41) is 0. The largest absolute Gasteiger partial charge is 0.341 e. The van der Waals surface area contributed by atoms with Gasteiger partial charge in [-0.2, -0.15) is 0 Å². The minimum absolute atomic E-state index is 0.142. The zero-order valence-electron chi connectivity index (χ0n) is 29.2. The van der Waals surface area contributed by atoms with Gasteiger partial charge in [0, 0.05) is 64.5 Å². The Labute approximate surface area is 298 Å². The second kappa shape index (κ2) is 18.1. The fourth-order valence-electron chi connectivity index (χ4n) is 7.69. The van der Waals surface area contributed by atoms with Crippen LogP contribution < -0.4 is 0 Å². The SMILES string of the molecule is O=C(C(=O)N1C(=O)CCCC1C(=O)N1CCCCC1)N1CCCCC1.O=C(C(=O)N1C(=O)CSCC1C(=O)N1CCCCC1)N1CCCCC1. The van der Waals surface area contributed by atoms with Crippen molar-refractivity contribution in [1.29, 1.82) is 0 Å². The minimum atomic E-state index is -0.842. The second-order valence-corrected chi connectivity index (χ2v) is 15.1. The van der Waals surface area contributed by atoms with Gasteiger partial charge >= 0.3 is 23.6 Å². The fraction of sp³-hybridized carbons (Fsp3) is 0.771. The molecule has 0 saturated carbocycles. The minimum Gasteiger partial charge on any atom is -0.341 e. The summed E-state index contributed by atoms with van der Waals surface area (Å²) >= 11 is 1.36. The van der Waals surface area contributed by atoms with Gasteiger partial charge in [-0.25, -0.2) is 0 Å². The fourth-order valence-corrected chi connectivity index (χ4v) is 8.64. The Morgan fingerprint density at radius 3 is 1.26 bits per heavy atom. The predicted molar refractivity (Wildman–Crippen MR) is 184 cm³/mol. The molecule has 0 aromatic heterocycles. The van der Waals surface area contributed by atoms with Crippen molar-refractivity contribution < 1.29 is 38.4 Å². The number of thioether (sulfide) groups is 1. The Hall–Kier alpha value is -3.49. The van der Waals surface area contributed by atoms with Crippen LogP contribution in [-0.2, 0) is 38.4 Å². The number of carbonyl (C=O) groups is 8. The molecular weight excluding hydrogens is 664 g/mol. The molecule has 6 fully saturated rings. The zero-order chi connectivity index (χ0) is 35.6. The van der Waals surface area contributed by atoms with E-state index < -0.39 is 47.5 Å². The van der Waals surface area contributed by atoms with Gasteiger partial charge in [0.25, 0.3) is 0 Å². The lowest BCUT2D eigenvalue weighted by atomic mass is 9.98. The molecule has 8 amide bonds. The van der Waals surface area contributed by atoms with Gasteiger partial charge < -0.3 is 19.6 Å². The van der Waals surface area contributed by atoms with Crippen molar-refractivity contribution in [2.75, 3.05) is 63.9 Å². The monoisotopic (exact) mass is 716 g/mol. The first-order valence-electron chi connectivity index (χ1n) is 18.6. The van der Waals surface area contributed by atoms with Gasteiger partial charge in [-0.3, -0.25) is 48.2 Å². The summed E-state index contributed by atoms with van der Waals surface area (Å²) in [6.45, 7) is 4.87. The molecule has 6 aliphatic heterocycles. The van der Waals surface area contributed by atoms with Crippen molar-refractivity contribution in [3.8, 4) is 0 Å². The van der Waals surface area contributed by atoms with E-state index in [1.54, 1.807) is 9.80 Å². The van der Waals surface area contributed by atoms with E-state index in [4.69, 9.17) is 0 Å². The molecule has 6 aliphatic rings. The molecular formula is C35H52N6O8S. The number of amides is 8. The number of nitrogens with zero attached hydrogens (tertiary/aromatic N) is 6. The van der Waals surface area contributed by atoms with Crippen LogP contribution >= 0.6 is 11.8 Å². The van der Waals surface area contributed by atoms with Crippen LogP contribution in [0.2, 0.25) is 0 Å². The average molecular weight is 717 g/mol. The van der Waals surface area contributed by atoms with Gasteiger partial charge in [0.2, 0.25) is 23.6 Å². The number of rotatable bonds is 2. The van der Waals surface area contributed by atoms with Crippen LogP contribution in [0.3, 0.4) is 0 Å². The van der Waals surface area contributed by atoms with Crippen LogP contribution in [0.5, 0.6) is 0 Å². The Balaban J connectivity index is 0.000000194. The standard InChI is InChI=1S/C18H27N3O4.C17H25N3O4S/c22-15-9-7-8-14(16(23)19-10-3-1-4-11-19)21(15)18(25)17(24)20-12-5-2-6-13-20;21-14-12-25-11-13(15(22)18-7-3-1-4-8-18)20(14)17(24)16(23)19-9-5-2-6-10-19/h14H,1-13H2;13H,1-12H2. The van der Waals surface area contributed by atoms with Crippen LogP contribution in [0, 0.1) is 0 Å². The number of imide groups is 2. The van der Waals surface area contributed by atoms with Crippen molar-refractivity contribution in [2.24, 2.45) is 0 Å². The van der Waals surface area contributed by atoms with Crippen LogP contribution in [0.15, 0.2) is 0 Å². The lowest BCUT2D eigenvalue weighted by Gasteiger charge is -2.38. The maximum Gasteiger partial charge on any atom is 0.319 e. The summed E-state index contributed by atoms with van der Waals surface area (Å²) < 4.78 is 0. The van der Waals surface area contributed by atoms with Crippen LogP contribution in [0.1, 0.15) is 96.3 Å². The smallest absolute Gasteiger partial charge is 0.319 e. The number of hydrogen-bond donors (Lipinski definition) is 0. The van der Waals surface area contributed by atoms with E-state index >= 15 is 0 Å². The molecule has 276 valence electrons. The molecule has 0 spiro atoms. The maximum atomic E-state index is 12.9. The van der Waals surface area contributed by atoms with Crippen LogP contribution in [0.25, 0.3) is 0 Å². The summed E-state index contributed by atoms with van der Waals surface area (Å²) in [7, 11) is 0. The second-order valence-electron chi connectivity index (χ2n) is 14.1. The average Bonchev–Trinajstić information content (AvgIpc) is 3.17. The molecule has 0 N–H and O–H groups in total. The van der Waals surface area contributed by atoms with Crippen LogP contribution in [-0.4, -0.2) is 153 Å². The van der Waals surface area contributed by atoms with E-state index in [2.05, 4.69) is 0 Å². The molecule has 14 nitrogen and oxygen atoms in total. The molecule has 0 aromatic rings. The summed E-state index contributed by atoms with van der Waals surface area (Å²) in [6, 6.07) is -1.65. The molecule has 2 atom stereocenters. The third-order valence-corrected chi connectivity index (χ3v) is 11.5. The van der Waals surface area contributed by atoms with E-state index in [0.717, 1.165) is 86.8 Å². The highest BCUT2D eigenvalue weighted by Crippen LogP contribution is 2.25. The van der Waals surface area contributed by atoms with Gasteiger partial charge in [-0.15, -0.1) is 11.8 Å². The zero-order valence-corrected chi connectivity index (χ0v) is 30.0. The van der Waals surface area contributed by atoms with Gasteiger partial charge in [0.1, 0.15) is 12.1 Å². The van der Waals surface area contributed by atoms with E-state index in [9.17, 15) is 38.4 Å². The Bertz CT molecular complexity index is 1210. The molecule has 0 bridgehead atoms. The van der Waals surface area contributed by atoms with Gasteiger partial charge in [0.05, 0.1) is 5.75 Å². The summed E-state index contributed by atoms with van der Waals surface area (Å²) in [5.74, 6) is -3.60. The van der Waals surface area contributed by atoms with Crippen molar-refractivity contribution >= 4 is 59.0 Å². The molecule has 15 heteroatoms. The molecule has 2 unspecified atom stereocenters. The highest BCUT2D eigenvalue weighted by atomic mass is 32.2. The van der Waals surface area contributed by atoms with Gasteiger partial charge in [-0.1, -0.05) is 0 Å². The Kier molecular flexibility index (Phi) is 13.7. The van der Waals surface area contributed by atoms with Crippen molar-refractivity contribution in [1.82, 2.24) is 29.4 Å². The van der Waals surface area contributed by atoms with Crippen molar-refractivity contribution in [3.63, 3.8) is 0 Å². The van der Waals surface area contributed by atoms with E-state index in [0.29, 0.717) is 71.0 Å². The maximum absolute atomic E-state index is 12.9. The highest BCUT2D eigenvalue weighted by Gasteiger charge is 2.44. The van der Waals surface area contributed by atoms with Crippen molar-refractivity contribution in [2.45, 2.75) is 108 Å². The topological polar surface area (TPSA) is 156 Å². The third kappa shape index (κ3) is 9.05. The number of piperidine rings is 5. The molecule has 6 heterocycles. The predicted octanol–water partition coefficient (Wildman–Crippen LogP) is 1.40. The lowest BCUT2D eigenvalue weighted by Crippen LogP contribution is -2.61. The van der Waals surface area contributed by atoms with Gasteiger partial charge in [0.15, 0.2) is 0 Å². The number of carbonyl (C=O) groups excluding carboxylic acids is 8. The molecule has 6 saturated heterocycles. The Morgan fingerprint density at radius 1 is 0.440 bits per heavy atom. The van der Waals surface area contributed by atoms with E-state index in [1.165, 1.54) is 21.6 Å². The van der Waals surface area contributed by atoms with Crippen molar-refractivity contribution in [3.05, 3.63) is 0 Å². The summed E-state index contributed by atoms with van der Waals surface area (Å²) in [5.41, 5.74) is 0. The lowest BCUT2D eigenvalue weighted by molar-refractivity contribution is -0.164.